The second-order valence-electron chi connectivity index (χ2n) is 11.1. The van der Waals surface area contributed by atoms with Crippen LogP contribution in [0.3, 0.4) is 0 Å². The quantitative estimate of drug-likeness (QED) is 0.209. The Kier molecular flexibility index (Phi) is 8.61. The van der Waals surface area contributed by atoms with E-state index in [2.05, 4.69) is 86.6 Å². The van der Waals surface area contributed by atoms with E-state index in [4.69, 9.17) is 14.9 Å². The molecule has 0 spiro atoms. The molecule has 6 rings (SSSR count). The SMILES string of the molecule is COc1ccc(Cn2c(CCc3ccccc3)nnc2[C@@H](Cc2c[nH]c3ccccc23)N2CCC[C@H](N[C]=O)C2)cc1. The number of carbonyl (C=O) groups excluding carboxylic acids is 1. The van der Waals surface area contributed by atoms with Crippen LogP contribution in [0.5, 0.6) is 5.75 Å². The van der Waals surface area contributed by atoms with Crippen molar-refractivity contribution in [3.63, 3.8) is 0 Å². The molecule has 5 aromatic rings. The van der Waals surface area contributed by atoms with E-state index in [1.54, 1.807) is 7.11 Å². The number of amides is 1. The molecule has 2 aromatic heterocycles. The Morgan fingerprint density at radius 3 is 2.62 bits per heavy atom. The summed E-state index contributed by atoms with van der Waals surface area (Å²) in [5.41, 5.74) is 4.82. The largest absolute Gasteiger partial charge is 0.497 e. The Bertz CT molecular complexity index is 1590. The lowest BCUT2D eigenvalue weighted by molar-refractivity contribution is 0.134. The second-order valence-corrected chi connectivity index (χ2v) is 11.1. The molecular formula is C34H37N6O2. The minimum Gasteiger partial charge on any atom is -0.497 e. The van der Waals surface area contributed by atoms with Crippen LogP contribution < -0.4 is 10.1 Å². The van der Waals surface area contributed by atoms with Crippen molar-refractivity contribution in [2.24, 2.45) is 0 Å². The van der Waals surface area contributed by atoms with Crippen LogP contribution in [-0.4, -0.2) is 57.3 Å². The minimum absolute atomic E-state index is 0.0170. The summed E-state index contributed by atoms with van der Waals surface area (Å²) < 4.78 is 7.72. The predicted molar refractivity (Wildman–Crippen MR) is 164 cm³/mol. The highest BCUT2D eigenvalue weighted by Gasteiger charge is 2.32. The summed E-state index contributed by atoms with van der Waals surface area (Å²) >= 11 is 0. The molecule has 1 fully saturated rings. The Hall–Kier alpha value is -4.43. The summed E-state index contributed by atoms with van der Waals surface area (Å²) in [6, 6.07) is 27.2. The standard InChI is InChI=1S/C34H37N6O2/c1-42-29-16-13-26(14-17-29)22-40-33(18-15-25-8-3-2-4-9-25)37-38-34(40)32(39-19-7-10-28(23-39)36-24-41)20-27-21-35-31-12-6-5-11-30(27)31/h2-6,8-9,11-14,16-17,21,28,32,35H,7,10,15,18-20,22-23H2,1H3,(H,36,41)/t28-,32+/m0/s1. The van der Waals surface area contributed by atoms with E-state index >= 15 is 0 Å². The molecule has 1 saturated heterocycles. The van der Waals surface area contributed by atoms with E-state index in [1.165, 1.54) is 16.5 Å². The highest BCUT2D eigenvalue weighted by molar-refractivity contribution is 5.83. The number of methoxy groups -OCH3 is 1. The van der Waals surface area contributed by atoms with Gasteiger partial charge in [-0.15, -0.1) is 10.2 Å². The molecule has 1 radical (unpaired) electrons. The fourth-order valence-corrected chi connectivity index (χ4v) is 6.15. The first-order valence-corrected chi connectivity index (χ1v) is 14.7. The molecule has 1 aliphatic heterocycles. The van der Waals surface area contributed by atoms with Crippen molar-refractivity contribution in [3.8, 4) is 5.75 Å². The summed E-state index contributed by atoms with van der Waals surface area (Å²) in [6.45, 7) is 2.34. The first-order chi connectivity index (χ1) is 20.7. The number of benzene rings is 3. The molecule has 8 heteroatoms. The lowest BCUT2D eigenvalue weighted by Crippen LogP contribution is -2.47. The molecule has 2 atom stereocenters. The zero-order valence-corrected chi connectivity index (χ0v) is 24.0. The van der Waals surface area contributed by atoms with Crippen molar-refractivity contribution in [1.82, 2.24) is 30.0 Å². The number of nitrogens with one attached hydrogen (secondary N) is 2. The maximum Gasteiger partial charge on any atom is 0.309 e. The van der Waals surface area contributed by atoms with Crippen molar-refractivity contribution in [2.75, 3.05) is 20.2 Å². The zero-order valence-electron chi connectivity index (χ0n) is 24.0. The third kappa shape index (κ3) is 6.24. The van der Waals surface area contributed by atoms with Crippen molar-refractivity contribution >= 4 is 17.3 Å². The Morgan fingerprint density at radius 2 is 1.81 bits per heavy atom. The molecular weight excluding hydrogens is 524 g/mol. The third-order valence-electron chi connectivity index (χ3n) is 8.38. The maximum atomic E-state index is 11.2. The Balaban J connectivity index is 1.39. The molecule has 0 bridgehead atoms. The van der Waals surface area contributed by atoms with Gasteiger partial charge in [-0.25, -0.2) is 0 Å². The monoisotopic (exact) mass is 561 g/mol. The first kappa shape index (κ1) is 27.7. The maximum absolute atomic E-state index is 11.2. The normalized spacial score (nSPS) is 16.4. The Morgan fingerprint density at radius 1 is 1.00 bits per heavy atom. The van der Waals surface area contributed by atoms with Gasteiger partial charge >= 0.3 is 6.41 Å². The molecule has 0 unspecified atom stereocenters. The fourth-order valence-electron chi connectivity index (χ4n) is 6.15. The van der Waals surface area contributed by atoms with Gasteiger partial charge < -0.3 is 19.6 Å². The van der Waals surface area contributed by atoms with Gasteiger partial charge in [-0.3, -0.25) is 9.69 Å². The highest BCUT2D eigenvalue weighted by Crippen LogP contribution is 2.31. The van der Waals surface area contributed by atoms with Crippen LogP contribution in [-0.2, 0) is 30.6 Å². The minimum atomic E-state index is -0.0170. The van der Waals surface area contributed by atoms with Gasteiger partial charge in [0.1, 0.15) is 11.6 Å². The van der Waals surface area contributed by atoms with E-state index < -0.39 is 0 Å². The molecule has 0 aliphatic carbocycles. The molecule has 215 valence electrons. The number of nitrogens with zero attached hydrogens (tertiary/aromatic N) is 4. The van der Waals surface area contributed by atoms with Crippen LogP contribution in [0.25, 0.3) is 10.9 Å². The van der Waals surface area contributed by atoms with Gasteiger partial charge in [-0.2, -0.15) is 0 Å². The number of fused-ring (bicyclic) bond motifs is 1. The number of aryl methyl sites for hydroxylation is 2. The lowest BCUT2D eigenvalue weighted by Gasteiger charge is -2.37. The molecule has 0 saturated carbocycles. The van der Waals surface area contributed by atoms with E-state index in [0.717, 1.165) is 73.7 Å². The van der Waals surface area contributed by atoms with Gasteiger partial charge in [0.25, 0.3) is 0 Å². The van der Waals surface area contributed by atoms with Gasteiger partial charge in [0, 0.05) is 36.1 Å². The van der Waals surface area contributed by atoms with Crippen LogP contribution in [0, 0.1) is 0 Å². The fraction of sp³-hybridized carbons (Fsp3) is 0.324. The topological polar surface area (TPSA) is 88.1 Å². The predicted octanol–water partition coefficient (Wildman–Crippen LogP) is 5.01. The first-order valence-electron chi connectivity index (χ1n) is 14.7. The molecule has 1 amide bonds. The number of likely N-dealkylation sites (tertiary alicyclic amines) is 1. The molecule has 1 aliphatic rings. The molecule has 3 aromatic carbocycles. The van der Waals surface area contributed by atoms with Gasteiger partial charge in [0.2, 0.25) is 0 Å². The number of aromatic nitrogens is 4. The summed E-state index contributed by atoms with van der Waals surface area (Å²) in [4.78, 5) is 17.1. The number of hydrogen-bond donors (Lipinski definition) is 2. The van der Waals surface area contributed by atoms with Gasteiger partial charge in [0.05, 0.1) is 19.7 Å². The van der Waals surface area contributed by atoms with Crippen LogP contribution >= 0.6 is 0 Å². The van der Waals surface area contributed by atoms with Crippen molar-refractivity contribution in [2.45, 2.75) is 50.7 Å². The Labute approximate surface area is 246 Å². The van der Waals surface area contributed by atoms with Crippen LogP contribution in [0.2, 0.25) is 0 Å². The number of hydrogen-bond acceptors (Lipinski definition) is 5. The van der Waals surface area contributed by atoms with Gasteiger partial charge in [-0.1, -0.05) is 60.7 Å². The van der Waals surface area contributed by atoms with E-state index in [-0.39, 0.29) is 12.1 Å². The number of rotatable bonds is 12. The number of H-pyrrole nitrogens is 1. The molecule has 42 heavy (non-hydrogen) atoms. The molecule has 8 nitrogen and oxygen atoms in total. The van der Waals surface area contributed by atoms with E-state index in [9.17, 15) is 4.79 Å². The summed E-state index contributed by atoms with van der Waals surface area (Å²) in [5.74, 6) is 2.76. The number of ether oxygens (including phenoxy) is 1. The highest BCUT2D eigenvalue weighted by atomic mass is 16.5. The summed E-state index contributed by atoms with van der Waals surface area (Å²) in [6.07, 6.45) is 8.45. The van der Waals surface area contributed by atoms with E-state index in [0.29, 0.717) is 6.54 Å². The molecule has 3 heterocycles. The number of piperidine rings is 1. The lowest BCUT2D eigenvalue weighted by atomic mass is 9.98. The second kappa shape index (κ2) is 13.0. The zero-order chi connectivity index (χ0) is 28.7. The summed E-state index contributed by atoms with van der Waals surface area (Å²) in [7, 11) is 1.69. The van der Waals surface area contributed by atoms with Crippen LogP contribution in [0.1, 0.15) is 47.2 Å². The summed E-state index contributed by atoms with van der Waals surface area (Å²) in [5, 5.41) is 13.8. The van der Waals surface area contributed by atoms with Crippen molar-refractivity contribution in [1.29, 1.82) is 0 Å². The smallest absolute Gasteiger partial charge is 0.309 e. The number of aromatic amines is 1. The average Bonchev–Trinajstić information content (AvgIpc) is 3.63. The molecule has 2 N–H and O–H groups in total. The van der Waals surface area contributed by atoms with Crippen LogP contribution in [0.4, 0.5) is 0 Å². The van der Waals surface area contributed by atoms with Crippen LogP contribution in [0.15, 0.2) is 85.1 Å². The van der Waals surface area contributed by atoms with Gasteiger partial charge in [0.15, 0.2) is 5.82 Å². The average molecular weight is 562 g/mol. The van der Waals surface area contributed by atoms with E-state index in [1.807, 2.05) is 24.6 Å². The number of para-hydroxylation sites is 1. The van der Waals surface area contributed by atoms with Crippen molar-refractivity contribution in [3.05, 3.63) is 113 Å². The van der Waals surface area contributed by atoms with Crippen molar-refractivity contribution < 1.29 is 9.53 Å². The van der Waals surface area contributed by atoms with Gasteiger partial charge in [-0.05, 0) is 67.1 Å². The third-order valence-corrected chi connectivity index (χ3v) is 8.38.